The van der Waals surface area contributed by atoms with Gasteiger partial charge < -0.3 is 9.47 Å². The largest absolute Gasteiger partial charge is 0.493 e. The molecule has 0 heterocycles. The number of rotatable bonds is 6. The molecule has 0 bridgehead atoms. The first-order valence-electron chi connectivity index (χ1n) is 7.98. The summed E-state index contributed by atoms with van der Waals surface area (Å²) in [5.41, 5.74) is 0.852. The van der Waals surface area contributed by atoms with E-state index in [1.54, 1.807) is 0 Å². The predicted molar refractivity (Wildman–Crippen MR) is 95.1 cm³/mol. The molecule has 7 heteroatoms. The zero-order chi connectivity index (χ0) is 19.0. The van der Waals surface area contributed by atoms with Crippen LogP contribution in [0.3, 0.4) is 0 Å². The van der Waals surface area contributed by atoms with Crippen molar-refractivity contribution in [3.63, 3.8) is 0 Å². The molecule has 2 rings (SSSR count). The molecule has 0 aromatic heterocycles. The third-order valence-electron chi connectivity index (χ3n) is 4.61. The molecule has 1 amide bonds. The molecule has 0 spiro atoms. The molecule has 1 aliphatic carbocycles. The molecule has 6 nitrogen and oxygen atoms in total. The van der Waals surface area contributed by atoms with Gasteiger partial charge in [0.15, 0.2) is 11.5 Å². The molecular formula is C18H25NO5S. The van der Waals surface area contributed by atoms with Gasteiger partial charge in [-0.2, -0.15) is 0 Å². The average molecular weight is 367 g/mol. The number of nitrogens with one attached hydrogen (secondary N) is 1. The summed E-state index contributed by atoms with van der Waals surface area (Å²) in [6, 6.07) is 4.20. The molecule has 0 radical (unpaired) electrons. The number of ether oxygens (including phenoxy) is 2. The van der Waals surface area contributed by atoms with Crippen molar-refractivity contribution in [1.82, 2.24) is 4.72 Å². The van der Waals surface area contributed by atoms with Crippen molar-refractivity contribution >= 4 is 15.9 Å². The highest BCUT2D eigenvalue weighted by Crippen LogP contribution is 2.59. The molecular weight excluding hydrogens is 342 g/mol. The number of hydrogen-bond acceptors (Lipinski definition) is 5. The zero-order valence-corrected chi connectivity index (χ0v) is 16.2. The SMILES string of the molecule is COc1ccc(S(=O)(=O)NC(=O)C2C(C=C(C)C)C2(C)C)cc1OC. The van der Waals surface area contributed by atoms with Crippen LogP contribution in [-0.4, -0.2) is 28.5 Å². The fourth-order valence-corrected chi connectivity index (χ4v) is 4.11. The lowest BCUT2D eigenvalue weighted by Crippen LogP contribution is -2.33. The Labute approximate surface area is 149 Å². The van der Waals surface area contributed by atoms with E-state index in [0.717, 1.165) is 5.57 Å². The number of carbonyl (C=O) groups excluding carboxylic acids is 1. The fraction of sp³-hybridized carbons (Fsp3) is 0.500. The summed E-state index contributed by atoms with van der Waals surface area (Å²) >= 11 is 0. The Kier molecular flexibility index (Phi) is 5.18. The Hall–Kier alpha value is -2.02. The summed E-state index contributed by atoms with van der Waals surface area (Å²) in [5, 5.41) is 0. The molecule has 25 heavy (non-hydrogen) atoms. The monoisotopic (exact) mass is 367 g/mol. The fourth-order valence-electron chi connectivity index (χ4n) is 3.09. The summed E-state index contributed by atoms with van der Waals surface area (Å²) in [6.07, 6.45) is 2.02. The molecule has 1 N–H and O–H groups in total. The lowest BCUT2D eigenvalue weighted by Gasteiger charge is -2.11. The van der Waals surface area contributed by atoms with Crippen LogP contribution in [0.2, 0.25) is 0 Å². The van der Waals surface area contributed by atoms with Crippen molar-refractivity contribution in [3.05, 3.63) is 29.8 Å². The van der Waals surface area contributed by atoms with Crippen molar-refractivity contribution in [2.45, 2.75) is 32.6 Å². The second kappa shape index (κ2) is 6.71. The van der Waals surface area contributed by atoms with E-state index in [0.29, 0.717) is 5.75 Å². The van der Waals surface area contributed by atoms with Crippen LogP contribution in [0.15, 0.2) is 34.7 Å². The Bertz CT molecular complexity index is 807. The van der Waals surface area contributed by atoms with Crippen molar-refractivity contribution in [2.75, 3.05) is 14.2 Å². The van der Waals surface area contributed by atoms with Gasteiger partial charge in [0.2, 0.25) is 5.91 Å². The average Bonchev–Trinajstić information content (AvgIpc) is 3.05. The molecule has 0 aliphatic heterocycles. The van der Waals surface area contributed by atoms with Crippen LogP contribution in [0.4, 0.5) is 0 Å². The summed E-state index contributed by atoms with van der Waals surface area (Å²) in [7, 11) is -1.10. The molecule has 1 saturated carbocycles. The predicted octanol–water partition coefficient (Wildman–Crippen LogP) is 2.75. The molecule has 1 aromatic rings. The van der Waals surface area contributed by atoms with Gasteiger partial charge in [0.05, 0.1) is 25.0 Å². The van der Waals surface area contributed by atoms with E-state index in [1.165, 1.54) is 32.4 Å². The molecule has 2 atom stereocenters. The van der Waals surface area contributed by atoms with Gasteiger partial charge in [0.1, 0.15) is 0 Å². The lowest BCUT2D eigenvalue weighted by molar-refractivity contribution is -0.121. The molecule has 1 aliphatic rings. The zero-order valence-electron chi connectivity index (χ0n) is 15.4. The van der Waals surface area contributed by atoms with Gasteiger partial charge in [-0.25, -0.2) is 13.1 Å². The van der Waals surface area contributed by atoms with E-state index in [2.05, 4.69) is 4.72 Å². The summed E-state index contributed by atoms with van der Waals surface area (Å²) in [6.45, 7) is 7.85. The third kappa shape index (κ3) is 3.81. The van der Waals surface area contributed by atoms with Gasteiger partial charge in [-0.3, -0.25) is 4.79 Å². The van der Waals surface area contributed by atoms with E-state index in [9.17, 15) is 13.2 Å². The van der Waals surface area contributed by atoms with Crippen LogP contribution in [-0.2, 0) is 14.8 Å². The summed E-state index contributed by atoms with van der Waals surface area (Å²) < 4.78 is 37.5. The molecule has 138 valence electrons. The van der Waals surface area contributed by atoms with Crippen molar-refractivity contribution in [3.8, 4) is 11.5 Å². The Morgan fingerprint density at radius 2 is 1.76 bits per heavy atom. The second-order valence-electron chi connectivity index (χ2n) is 7.06. The van der Waals surface area contributed by atoms with Crippen LogP contribution < -0.4 is 14.2 Å². The number of benzene rings is 1. The van der Waals surface area contributed by atoms with Crippen LogP contribution in [0.1, 0.15) is 27.7 Å². The maximum Gasteiger partial charge on any atom is 0.264 e. The standard InChI is InChI=1S/C18H25NO5S/c1-11(2)9-13-16(18(13,3)4)17(20)19-25(21,22)12-7-8-14(23-5)15(10-12)24-6/h7-10,13,16H,1-6H3,(H,19,20). The molecule has 1 fully saturated rings. The number of sulfonamides is 1. The van der Waals surface area contributed by atoms with Gasteiger partial charge in [0.25, 0.3) is 10.0 Å². The first-order chi connectivity index (χ1) is 11.5. The summed E-state index contributed by atoms with van der Waals surface area (Å²) in [4.78, 5) is 12.5. The number of allylic oxidation sites excluding steroid dienone is 2. The van der Waals surface area contributed by atoms with Crippen LogP contribution in [0.5, 0.6) is 11.5 Å². The highest BCUT2D eigenvalue weighted by Gasteiger charge is 2.60. The van der Waals surface area contributed by atoms with Crippen LogP contribution in [0.25, 0.3) is 0 Å². The highest BCUT2D eigenvalue weighted by atomic mass is 32.2. The molecule has 1 aromatic carbocycles. The van der Waals surface area contributed by atoms with E-state index in [1.807, 2.05) is 33.8 Å². The quantitative estimate of drug-likeness (QED) is 0.782. The Balaban J connectivity index is 2.22. The molecule has 0 saturated heterocycles. The van der Waals surface area contributed by atoms with Crippen molar-refractivity contribution < 1.29 is 22.7 Å². The van der Waals surface area contributed by atoms with Gasteiger partial charge >= 0.3 is 0 Å². The van der Waals surface area contributed by atoms with E-state index < -0.39 is 15.9 Å². The third-order valence-corrected chi connectivity index (χ3v) is 5.95. The van der Waals surface area contributed by atoms with E-state index in [4.69, 9.17) is 9.47 Å². The van der Waals surface area contributed by atoms with E-state index in [-0.39, 0.29) is 27.9 Å². The van der Waals surface area contributed by atoms with Gasteiger partial charge in [-0.05, 0) is 37.3 Å². The van der Waals surface area contributed by atoms with Crippen LogP contribution >= 0.6 is 0 Å². The molecule has 2 unspecified atom stereocenters. The number of methoxy groups -OCH3 is 2. The highest BCUT2D eigenvalue weighted by molar-refractivity contribution is 7.90. The first-order valence-corrected chi connectivity index (χ1v) is 9.46. The normalized spacial score (nSPS) is 21.2. The topological polar surface area (TPSA) is 81.7 Å². The minimum absolute atomic E-state index is 0.0399. The van der Waals surface area contributed by atoms with E-state index >= 15 is 0 Å². The lowest BCUT2D eigenvalue weighted by atomic mass is 10.1. The number of carbonyl (C=O) groups is 1. The summed E-state index contributed by atoms with van der Waals surface area (Å²) in [5.74, 6) is -0.107. The van der Waals surface area contributed by atoms with Crippen molar-refractivity contribution in [1.29, 1.82) is 0 Å². The smallest absolute Gasteiger partial charge is 0.264 e. The maximum absolute atomic E-state index is 12.5. The minimum atomic E-state index is -3.98. The first kappa shape index (κ1) is 19.3. The number of hydrogen-bond donors (Lipinski definition) is 1. The van der Waals surface area contributed by atoms with Gasteiger partial charge in [-0.15, -0.1) is 0 Å². The second-order valence-corrected chi connectivity index (χ2v) is 8.74. The maximum atomic E-state index is 12.5. The Morgan fingerprint density at radius 1 is 1.16 bits per heavy atom. The minimum Gasteiger partial charge on any atom is -0.493 e. The van der Waals surface area contributed by atoms with Crippen LogP contribution in [0, 0.1) is 17.3 Å². The number of amides is 1. The Morgan fingerprint density at radius 3 is 2.28 bits per heavy atom. The van der Waals surface area contributed by atoms with Crippen molar-refractivity contribution in [2.24, 2.45) is 17.3 Å². The van der Waals surface area contributed by atoms with Gasteiger partial charge in [-0.1, -0.05) is 25.5 Å². The van der Waals surface area contributed by atoms with Gasteiger partial charge in [0, 0.05) is 6.07 Å².